The zero-order chi connectivity index (χ0) is 15.0. The minimum atomic E-state index is -3.86. The van der Waals surface area contributed by atoms with E-state index in [0.717, 1.165) is 5.76 Å². The molecule has 0 saturated carbocycles. The van der Waals surface area contributed by atoms with Gasteiger partial charge in [0.15, 0.2) is 6.29 Å². The first-order chi connectivity index (χ1) is 9.93. The molecule has 0 bridgehead atoms. The molecular weight excluding hydrogens is 316 g/mol. The second-order valence-corrected chi connectivity index (χ2v) is 6.49. The van der Waals surface area contributed by atoms with Gasteiger partial charge in [-0.25, -0.2) is 13.6 Å². The maximum atomic E-state index is 11.4. The van der Waals surface area contributed by atoms with Crippen LogP contribution in [0, 0.1) is 0 Å². The average molecular weight is 329 g/mol. The van der Waals surface area contributed by atoms with Crippen LogP contribution >= 0.6 is 11.6 Å². The van der Waals surface area contributed by atoms with Gasteiger partial charge in [0, 0.05) is 0 Å². The van der Waals surface area contributed by atoms with Gasteiger partial charge in [0.25, 0.3) is 0 Å². The van der Waals surface area contributed by atoms with Crippen molar-refractivity contribution in [1.82, 2.24) is 5.32 Å². The molecular formula is C12H13ClN4O3S. The zero-order valence-electron chi connectivity index (χ0n) is 10.8. The number of hydrogen-bond donors (Lipinski definition) is 4. The predicted molar refractivity (Wildman–Crippen MR) is 79.4 cm³/mol. The van der Waals surface area contributed by atoms with Gasteiger partial charge >= 0.3 is 0 Å². The smallest absolute Gasteiger partial charge is 0.239 e. The molecule has 1 aromatic heterocycles. The van der Waals surface area contributed by atoms with Crippen LogP contribution in [0.15, 0.2) is 39.8 Å². The van der Waals surface area contributed by atoms with E-state index in [4.69, 9.17) is 21.2 Å². The molecule has 0 saturated heterocycles. The third-order valence-electron chi connectivity index (χ3n) is 3.04. The van der Waals surface area contributed by atoms with E-state index in [1.165, 1.54) is 12.1 Å². The van der Waals surface area contributed by atoms with E-state index < -0.39 is 10.0 Å². The number of anilines is 2. The molecule has 3 rings (SSSR count). The van der Waals surface area contributed by atoms with Crippen molar-refractivity contribution in [3.8, 4) is 0 Å². The summed E-state index contributed by atoms with van der Waals surface area (Å²) in [6, 6.07) is 6.59. The first-order valence-electron chi connectivity index (χ1n) is 6.09. The summed E-state index contributed by atoms with van der Waals surface area (Å²) in [7, 11) is -3.86. The maximum absolute atomic E-state index is 11.4. The molecule has 112 valence electrons. The Kier molecular flexibility index (Phi) is 3.54. The van der Waals surface area contributed by atoms with Crippen LogP contribution in [0.5, 0.6) is 0 Å². The lowest BCUT2D eigenvalue weighted by Gasteiger charge is -2.13. The van der Waals surface area contributed by atoms with E-state index in [1.807, 2.05) is 6.07 Å². The van der Waals surface area contributed by atoms with E-state index in [9.17, 15) is 8.42 Å². The van der Waals surface area contributed by atoms with E-state index in [1.54, 1.807) is 12.3 Å². The second kappa shape index (κ2) is 5.23. The first kappa shape index (κ1) is 14.2. The van der Waals surface area contributed by atoms with Gasteiger partial charge in [-0.1, -0.05) is 11.6 Å². The lowest BCUT2D eigenvalue weighted by molar-refractivity contribution is 0.472. The van der Waals surface area contributed by atoms with Crippen molar-refractivity contribution < 1.29 is 12.8 Å². The number of sulfonamides is 1. The molecule has 0 radical (unpaired) electrons. The van der Waals surface area contributed by atoms with Gasteiger partial charge in [-0.05, 0) is 24.3 Å². The van der Waals surface area contributed by atoms with Crippen LogP contribution in [-0.2, 0) is 16.6 Å². The van der Waals surface area contributed by atoms with Crippen LogP contribution in [0.1, 0.15) is 5.76 Å². The highest BCUT2D eigenvalue weighted by Crippen LogP contribution is 2.35. The highest BCUT2D eigenvalue weighted by atomic mass is 35.5. The number of halogens is 1. The van der Waals surface area contributed by atoms with Crippen molar-refractivity contribution in [3.05, 3.63) is 41.3 Å². The molecule has 0 amide bonds. The molecule has 1 aromatic carbocycles. The Bertz CT molecular complexity index is 761. The average Bonchev–Trinajstić information content (AvgIpc) is 3.02. The molecule has 1 aliphatic heterocycles. The minimum Gasteiger partial charge on any atom is -0.468 e. The second-order valence-electron chi connectivity index (χ2n) is 4.56. The molecule has 1 atom stereocenters. The lowest BCUT2D eigenvalue weighted by Crippen LogP contribution is -2.38. The van der Waals surface area contributed by atoms with Crippen LogP contribution in [0.25, 0.3) is 0 Å². The number of nitrogens with two attached hydrogens (primary N) is 1. The van der Waals surface area contributed by atoms with Crippen molar-refractivity contribution in [2.45, 2.75) is 17.7 Å². The predicted octanol–water partition coefficient (Wildman–Crippen LogP) is 1.49. The van der Waals surface area contributed by atoms with Gasteiger partial charge in [-0.2, -0.15) is 0 Å². The molecule has 0 spiro atoms. The number of nitrogens with one attached hydrogen (secondary N) is 3. The van der Waals surface area contributed by atoms with Gasteiger partial charge in [-0.3, -0.25) is 5.32 Å². The highest BCUT2D eigenvalue weighted by Gasteiger charge is 2.23. The summed E-state index contributed by atoms with van der Waals surface area (Å²) in [5, 5.41) is 14.6. The quantitative estimate of drug-likeness (QED) is 0.677. The minimum absolute atomic E-state index is 0.0808. The summed E-state index contributed by atoms with van der Waals surface area (Å²) in [4.78, 5) is -0.107. The Morgan fingerprint density at radius 1 is 1.33 bits per heavy atom. The van der Waals surface area contributed by atoms with Crippen LogP contribution < -0.4 is 21.1 Å². The number of benzene rings is 1. The summed E-state index contributed by atoms with van der Waals surface area (Å²) in [5.41, 5.74) is 1.31. The summed E-state index contributed by atoms with van der Waals surface area (Å²) in [6.45, 7) is 0.515. The van der Waals surface area contributed by atoms with Crippen LogP contribution in [-0.4, -0.2) is 14.7 Å². The van der Waals surface area contributed by atoms with E-state index in [2.05, 4.69) is 16.0 Å². The highest BCUT2D eigenvalue weighted by molar-refractivity contribution is 7.89. The van der Waals surface area contributed by atoms with Gasteiger partial charge in [-0.15, -0.1) is 0 Å². The number of primary sulfonamides is 1. The molecule has 7 nitrogen and oxygen atoms in total. The first-order valence-corrected chi connectivity index (χ1v) is 8.01. The summed E-state index contributed by atoms with van der Waals surface area (Å²) < 4.78 is 28.1. The van der Waals surface area contributed by atoms with Gasteiger partial charge < -0.3 is 15.1 Å². The summed E-state index contributed by atoms with van der Waals surface area (Å²) in [6.07, 6.45) is 1.33. The normalized spacial score (nSPS) is 17.1. The number of fused-ring (bicyclic) bond motifs is 1. The fourth-order valence-corrected chi connectivity index (χ4v) is 3.17. The Labute approximate surface area is 126 Å². The monoisotopic (exact) mass is 328 g/mol. The molecule has 5 N–H and O–H groups in total. The zero-order valence-corrected chi connectivity index (χ0v) is 12.3. The van der Waals surface area contributed by atoms with E-state index >= 15 is 0 Å². The van der Waals surface area contributed by atoms with Crippen molar-refractivity contribution in [2.75, 3.05) is 10.6 Å². The van der Waals surface area contributed by atoms with Crippen molar-refractivity contribution in [3.63, 3.8) is 0 Å². The number of furan rings is 1. The SMILES string of the molecule is NS(=O)(=O)c1cc2c(cc1Cl)NC(NCc1ccco1)N2. The molecule has 1 unspecified atom stereocenters. The summed E-state index contributed by atoms with van der Waals surface area (Å²) >= 11 is 5.94. The number of rotatable bonds is 4. The number of hydrogen-bond acceptors (Lipinski definition) is 6. The van der Waals surface area contributed by atoms with Crippen LogP contribution in [0.4, 0.5) is 11.4 Å². The molecule has 2 aromatic rings. The van der Waals surface area contributed by atoms with Crippen LogP contribution in [0.2, 0.25) is 5.02 Å². The van der Waals surface area contributed by atoms with Crippen molar-refractivity contribution in [2.24, 2.45) is 5.14 Å². The van der Waals surface area contributed by atoms with E-state index in [0.29, 0.717) is 17.9 Å². The van der Waals surface area contributed by atoms with Crippen LogP contribution in [0.3, 0.4) is 0 Å². The third-order valence-corrected chi connectivity index (χ3v) is 4.41. The van der Waals surface area contributed by atoms with Gasteiger partial charge in [0.1, 0.15) is 10.7 Å². The largest absolute Gasteiger partial charge is 0.468 e. The van der Waals surface area contributed by atoms with Crippen molar-refractivity contribution in [1.29, 1.82) is 0 Å². The Hall–Kier alpha value is -1.74. The van der Waals surface area contributed by atoms with Crippen molar-refractivity contribution >= 4 is 33.0 Å². The Morgan fingerprint density at radius 3 is 2.67 bits per heavy atom. The molecule has 0 fully saturated rings. The fraction of sp³-hybridized carbons (Fsp3) is 0.167. The summed E-state index contributed by atoms with van der Waals surface area (Å²) in [5.74, 6) is 0.790. The van der Waals surface area contributed by atoms with E-state index in [-0.39, 0.29) is 16.2 Å². The molecule has 0 aliphatic carbocycles. The molecule has 21 heavy (non-hydrogen) atoms. The van der Waals surface area contributed by atoms with Gasteiger partial charge in [0.05, 0.1) is 29.2 Å². The van der Waals surface area contributed by atoms with Gasteiger partial charge in [0.2, 0.25) is 10.0 Å². The maximum Gasteiger partial charge on any atom is 0.239 e. The fourth-order valence-electron chi connectivity index (χ4n) is 2.08. The Morgan fingerprint density at radius 2 is 2.05 bits per heavy atom. The Balaban J connectivity index is 1.75. The molecule has 9 heteroatoms. The lowest BCUT2D eigenvalue weighted by atomic mass is 10.3. The molecule has 1 aliphatic rings. The molecule has 2 heterocycles. The topological polar surface area (TPSA) is 109 Å². The standard InChI is InChI=1S/C12H13ClN4O3S/c13-8-4-9-10(5-11(8)21(14,18)19)17-12(16-9)15-6-7-2-1-3-20-7/h1-5,12,15-17H,6H2,(H2,14,18,19). The third kappa shape index (κ3) is 2.98.